The van der Waals surface area contributed by atoms with Crippen molar-refractivity contribution in [1.29, 1.82) is 0 Å². The molecule has 2 unspecified atom stereocenters. The van der Waals surface area contributed by atoms with Gasteiger partial charge in [0.1, 0.15) is 5.75 Å². The fourth-order valence-electron chi connectivity index (χ4n) is 3.97. The highest BCUT2D eigenvalue weighted by molar-refractivity contribution is 7.49. The Balaban J connectivity index is 2.71. The lowest BCUT2D eigenvalue weighted by Gasteiger charge is -2.36. The van der Waals surface area contributed by atoms with Crippen LogP contribution in [0.5, 0.6) is 5.75 Å². The molecule has 27 heavy (non-hydrogen) atoms. The second-order valence-electron chi connectivity index (χ2n) is 7.60. The van der Waals surface area contributed by atoms with Crippen LogP contribution in [-0.4, -0.2) is 17.9 Å². The zero-order valence-corrected chi connectivity index (χ0v) is 18.9. The third-order valence-corrected chi connectivity index (χ3v) is 7.87. The number of phenols is 1. The molecule has 2 nitrogen and oxygen atoms in total. The van der Waals surface area contributed by atoms with Gasteiger partial charge in [-0.15, -0.1) is 0 Å². The van der Waals surface area contributed by atoms with Gasteiger partial charge in [0.05, 0.1) is 0 Å². The Morgan fingerprint density at radius 2 is 1.81 bits per heavy atom. The summed E-state index contributed by atoms with van der Waals surface area (Å²) in [7, 11) is 2.45. The van der Waals surface area contributed by atoms with E-state index in [-0.39, 0.29) is 5.16 Å². The van der Waals surface area contributed by atoms with E-state index in [2.05, 4.69) is 69.9 Å². The van der Waals surface area contributed by atoms with Crippen LogP contribution >= 0.6 is 8.58 Å². The highest BCUT2D eigenvalue weighted by Gasteiger charge is 2.34. The van der Waals surface area contributed by atoms with E-state index in [1.54, 1.807) is 0 Å². The molecule has 2 rings (SSSR count). The van der Waals surface area contributed by atoms with E-state index in [0.717, 1.165) is 36.1 Å². The van der Waals surface area contributed by atoms with Crippen LogP contribution in [0.15, 0.2) is 35.3 Å². The van der Waals surface area contributed by atoms with E-state index in [9.17, 15) is 5.11 Å². The first-order chi connectivity index (χ1) is 12.8. The van der Waals surface area contributed by atoms with Crippen LogP contribution in [0, 0.1) is 20.8 Å². The minimum Gasteiger partial charge on any atom is -0.507 e. The van der Waals surface area contributed by atoms with Gasteiger partial charge in [0.2, 0.25) is 0 Å². The minimum absolute atomic E-state index is 0.0511. The summed E-state index contributed by atoms with van der Waals surface area (Å²) < 4.78 is 0. The summed E-state index contributed by atoms with van der Waals surface area (Å²) in [4.78, 5) is 4.45. The molecule has 146 valence electrons. The standard InChI is InChI=1S/C24H34NOP/c1-8-13-24(9-2,21-15-16(3)14-18(5)22(21)26)27-23-17(4)11-10-12-20(23)19(6)25-7/h10-12,14-15,26-27H,8-9,13H2,1-7H3. The zero-order chi connectivity index (χ0) is 20.2. The first-order valence-electron chi connectivity index (χ1n) is 9.91. The van der Waals surface area contributed by atoms with Crippen LogP contribution in [0.4, 0.5) is 0 Å². The SMILES string of the molecule is CCCC(CC)(Pc1c(C)cccc1C(C)=NC)c1cc(C)cc(C)c1O. The monoisotopic (exact) mass is 383 g/mol. The Bertz CT molecular complexity index is 841. The van der Waals surface area contributed by atoms with Crippen LogP contribution in [0.2, 0.25) is 0 Å². The van der Waals surface area contributed by atoms with Crippen LogP contribution in [-0.2, 0) is 5.16 Å². The van der Waals surface area contributed by atoms with Gasteiger partial charge in [-0.05, 0) is 57.0 Å². The minimum atomic E-state index is -0.0511. The summed E-state index contributed by atoms with van der Waals surface area (Å²) in [5.74, 6) is 0.472. The Morgan fingerprint density at radius 3 is 2.41 bits per heavy atom. The molecule has 0 spiro atoms. The number of hydrogen-bond donors (Lipinski definition) is 1. The molecule has 0 saturated carbocycles. The maximum absolute atomic E-state index is 11.0. The molecule has 1 N–H and O–H groups in total. The van der Waals surface area contributed by atoms with Crippen molar-refractivity contribution in [2.75, 3.05) is 7.05 Å². The Labute approximate surface area is 166 Å². The number of hydrogen-bond acceptors (Lipinski definition) is 2. The number of benzene rings is 2. The lowest BCUT2D eigenvalue weighted by atomic mass is 9.88. The largest absolute Gasteiger partial charge is 0.507 e. The second kappa shape index (κ2) is 9.02. The molecule has 2 atom stereocenters. The van der Waals surface area contributed by atoms with E-state index in [4.69, 9.17) is 0 Å². The first kappa shape index (κ1) is 21.6. The van der Waals surface area contributed by atoms with Gasteiger partial charge in [-0.1, -0.05) is 64.7 Å². The van der Waals surface area contributed by atoms with Crippen molar-refractivity contribution in [3.05, 3.63) is 58.1 Å². The lowest BCUT2D eigenvalue weighted by molar-refractivity contribution is 0.438. The van der Waals surface area contributed by atoms with Gasteiger partial charge >= 0.3 is 0 Å². The Kier molecular flexibility index (Phi) is 7.23. The molecule has 0 fully saturated rings. The molecule has 0 aliphatic carbocycles. The van der Waals surface area contributed by atoms with E-state index >= 15 is 0 Å². The fourth-order valence-corrected chi connectivity index (χ4v) is 6.00. The molecule has 2 aromatic carbocycles. The third-order valence-electron chi connectivity index (χ3n) is 5.60. The number of phenolic OH excluding ortho intramolecular Hbond substituents is 1. The van der Waals surface area contributed by atoms with Crippen molar-refractivity contribution >= 4 is 19.6 Å². The molecule has 0 radical (unpaired) electrons. The zero-order valence-electron chi connectivity index (χ0n) is 17.9. The van der Waals surface area contributed by atoms with Gasteiger partial charge in [-0.25, -0.2) is 0 Å². The second-order valence-corrected chi connectivity index (χ2v) is 9.30. The van der Waals surface area contributed by atoms with Crippen molar-refractivity contribution < 1.29 is 5.11 Å². The number of rotatable bonds is 7. The summed E-state index contributed by atoms with van der Waals surface area (Å²) in [5, 5.41) is 12.3. The number of aliphatic imine (C=N–C) groups is 1. The molecule has 3 heteroatoms. The van der Waals surface area contributed by atoms with Crippen LogP contribution < -0.4 is 5.30 Å². The molecule has 0 aliphatic rings. The number of aromatic hydroxyl groups is 1. The van der Waals surface area contributed by atoms with Gasteiger partial charge in [0, 0.05) is 29.0 Å². The van der Waals surface area contributed by atoms with Gasteiger partial charge in [-0.2, -0.15) is 0 Å². The van der Waals surface area contributed by atoms with Gasteiger partial charge in [0.15, 0.2) is 0 Å². The average Bonchev–Trinajstić information content (AvgIpc) is 2.65. The van der Waals surface area contributed by atoms with Crippen LogP contribution in [0.1, 0.15) is 67.9 Å². The van der Waals surface area contributed by atoms with Crippen LogP contribution in [0.3, 0.4) is 0 Å². The normalized spacial score (nSPS) is 14.7. The summed E-state index contributed by atoms with van der Waals surface area (Å²) in [6.07, 6.45) is 3.16. The number of nitrogens with zero attached hydrogens (tertiary/aromatic N) is 1. The highest BCUT2D eigenvalue weighted by atomic mass is 31.1. The molecule has 0 aliphatic heterocycles. The van der Waals surface area contributed by atoms with Crippen LogP contribution in [0.25, 0.3) is 0 Å². The first-order valence-corrected chi connectivity index (χ1v) is 10.9. The maximum atomic E-state index is 11.0. The fraction of sp³-hybridized carbons (Fsp3) is 0.458. The van der Waals surface area contributed by atoms with Crippen molar-refractivity contribution in [3.8, 4) is 5.75 Å². The van der Waals surface area contributed by atoms with E-state index < -0.39 is 0 Å². The van der Waals surface area contributed by atoms with Gasteiger partial charge < -0.3 is 5.11 Å². The van der Waals surface area contributed by atoms with Gasteiger partial charge in [0.25, 0.3) is 0 Å². The average molecular weight is 384 g/mol. The summed E-state index contributed by atoms with van der Waals surface area (Å²) in [6.45, 7) is 12.9. The van der Waals surface area contributed by atoms with E-state index in [0.29, 0.717) is 14.3 Å². The van der Waals surface area contributed by atoms with Crippen molar-refractivity contribution in [3.63, 3.8) is 0 Å². The molecule has 0 bridgehead atoms. The predicted octanol–water partition coefficient (Wildman–Crippen LogP) is 6.17. The quantitative estimate of drug-likeness (QED) is 0.450. The molecule has 0 amide bonds. The Morgan fingerprint density at radius 1 is 1.11 bits per heavy atom. The topological polar surface area (TPSA) is 32.6 Å². The predicted molar refractivity (Wildman–Crippen MR) is 122 cm³/mol. The molecule has 0 aromatic heterocycles. The van der Waals surface area contributed by atoms with E-state index in [1.807, 2.05) is 14.0 Å². The smallest absolute Gasteiger partial charge is 0.122 e. The molecule has 0 heterocycles. The van der Waals surface area contributed by atoms with E-state index in [1.165, 1.54) is 22.0 Å². The maximum Gasteiger partial charge on any atom is 0.122 e. The molecular formula is C24H34NOP. The third kappa shape index (κ3) is 4.43. The summed E-state index contributed by atoms with van der Waals surface area (Å²) in [6, 6.07) is 10.8. The lowest BCUT2D eigenvalue weighted by Crippen LogP contribution is -2.26. The summed E-state index contributed by atoms with van der Waals surface area (Å²) in [5.41, 5.74) is 6.94. The van der Waals surface area contributed by atoms with Gasteiger partial charge in [-0.3, -0.25) is 4.99 Å². The molecular weight excluding hydrogens is 349 g/mol. The van der Waals surface area contributed by atoms with Crippen molar-refractivity contribution in [2.24, 2.45) is 4.99 Å². The molecule has 2 aromatic rings. The Hall–Kier alpha value is -1.66. The number of aryl methyl sites for hydroxylation is 3. The van der Waals surface area contributed by atoms with Crippen molar-refractivity contribution in [1.82, 2.24) is 0 Å². The molecule has 0 saturated heterocycles. The summed E-state index contributed by atoms with van der Waals surface area (Å²) >= 11 is 0. The van der Waals surface area contributed by atoms with Crippen molar-refractivity contribution in [2.45, 2.75) is 66.0 Å². The highest BCUT2D eigenvalue weighted by Crippen LogP contribution is 2.52.